The molecule has 2 aromatic carbocycles. The highest BCUT2D eigenvalue weighted by atomic mass is 32.2. The van der Waals surface area contributed by atoms with Gasteiger partial charge in [0.2, 0.25) is 10.0 Å². The molecule has 1 heterocycles. The van der Waals surface area contributed by atoms with E-state index in [0.29, 0.717) is 12.1 Å². The average molecular weight is 387 g/mol. The zero-order chi connectivity index (χ0) is 19.4. The number of carbonyl (C=O) groups excluding carboxylic acids is 1. The molecule has 2 aromatic rings. The molecule has 1 aliphatic heterocycles. The van der Waals surface area contributed by atoms with E-state index in [1.165, 1.54) is 17.7 Å². The molecule has 3 rings (SSSR count). The first-order valence-electron chi connectivity index (χ1n) is 9.34. The minimum atomic E-state index is -3.62. The van der Waals surface area contributed by atoms with E-state index in [1.54, 1.807) is 26.0 Å². The highest BCUT2D eigenvalue weighted by Gasteiger charge is 2.30. The second-order valence-corrected chi connectivity index (χ2v) is 9.00. The standard InChI is InChI=1S/C21H26N2O3S/c1-16(2)22-27(25,26)20-12-6-10-18(15-20)21(24)23-13-7-11-19(23)14-17-8-4-3-5-9-17/h3-6,8-10,12,15-16,19,22H,7,11,13-14H2,1-2H3. The molecule has 0 aliphatic carbocycles. The second kappa shape index (κ2) is 8.23. The molecule has 1 unspecified atom stereocenters. The van der Waals surface area contributed by atoms with Crippen molar-refractivity contribution in [3.05, 3.63) is 65.7 Å². The Hall–Kier alpha value is -2.18. The van der Waals surface area contributed by atoms with E-state index in [9.17, 15) is 13.2 Å². The van der Waals surface area contributed by atoms with Crippen LogP contribution in [0.3, 0.4) is 0 Å². The van der Waals surface area contributed by atoms with Gasteiger partial charge in [-0.2, -0.15) is 0 Å². The van der Waals surface area contributed by atoms with Crippen LogP contribution in [0.25, 0.3) is 0 Å². The van der Waals surface area contributed by atoms with Crippen LogP contribution in [-0.4, -0.2) is 37.9 Å². The second-order valence-electron chi connectivity index (χ2n) is 7.29. The van der Waals surface area contributed by atoms with Crippen LogP contribution in [0.1, 0.15) is 42.6 Å². The Morgan fingerprint density at radius 3 is 2.59 bits per heavy atom. The van der Waals surface area contributed by atoms with E-state index in [4.69, 9.17) is 0 Å². The summed E-state index contributed by atoms with van der Waals surface area (Å²) in [5, 5.41) is 0. The molecule has 1 fully saturated rings. The van der Waals surface area contributed by atoms with Crippen molar-refractivity contribution in [3.8, 4) is 0 Å². The largest absolute Gasteiger partial charge is 0.335 e. The summed E-state index contributed by atoms with van der Waals surface area (Å²) in [5.41, 5.74) is 1.63. The van der Waals surface area contributed by atoms with Crippen LogP contribution in [0.2, 0.25) is 0 Å². The zero-order valence-electron chi connectivity index (χ0n) is 15.8. The lowest BCUT2D eigenvalue weighted by Crippen LogP contribution is -2.37. The van der Waals surface area contributed by atoms with E-state index >= 15 is 0 Å². The maximum absolute atomic E-state index is 13.1. The molecule has 27 heavy (non-hydrogen) atoms. The van der Waals surface area contributed by atoms with Gasteiger partial charge in [-0.25, -0.2) is 13.1 Å². The molecule has 0 bridgehead atoms. The highest BCUT2D eigenvalue weighted by Crippen LogP contribution is 2.24. The Kier molecular flexibility index (Phi) is 5.97. The van der Waals surface area contributed by atoms with Crippen LogP contribution in [0.5, 0.6) is 0 Å². The number of hydrogen-bond acceptors (Lipinski definition) is 3. The van der Waals surface area contributed by atoms with Gasteiger partial charge in [0.05, 0.1) is 4.90 Å². The van der Waals surface area contributed by atoms with Gasteiger partial charge in [-0.05, 0) is 56.9 Å². The van der Waals surface area contributed by atoms with Crippen molar-refractivity contribution in [2.45, 2.75) is 50.1 Å². The summed E-state index contributed by atoms with van der Waals surface area (Å²) in [7, 11) is -3.62. The number of rotatable bonds is 6. The van der Waals surface area contributed by atoms with Crippen molar-refractivity contribution in [2.75, 3.05) is 6.54 Å². The van der Waals surface area contributed by atoms with Gasteiger partial charge in [-0.15, -0.1) is 0 Å². The van der Waals surface area contributed by atoms with Gasteiger partial charge in [0.25, 0.3) is 5.91 Å². The van der Waals surface area contributed by atoms with E-state index in [2.05, 4.69) is 16.9 Å². The lowest BCUT2D eigenvalue weighted by Gasteiger charge is -2.25. The van der Waals surface area contributed by atoms with Crippen molar-refractivity contribution in [3.63, 3.8) is 0 Å². The third-order valence-corrected chi connectivity index (χ3v) is 6.39. The molecule has 1 saturated heterocycles. The minimum Gasteiger partial charge on any atom is -0.335 e. The number of nitrogens with zero attached hydrogens (tertiary/aromatic N) is 1. The first kappa shape index (κ1) is 19.6. The van der Waals surface area contributed by atoms with Crippen LogP contribution in [0.15, 0.2) is 59.5 Å². The lowest BCUT2D eigenvalue weighted by atomic mass is 10.0. The fourth-order valence-corrected chi connectivity index (χ4v) is 4.84. The molecule has 6 heteroatoms. The number of carbonyl (C=O) groups is 1. The molecule has 1 aliphatic rings. The Bertz CT molecular complexity index is 895. The molecule has 1 atom stereocenters. The Balaban J connectivity index is 1.80. The molecule has 144 valence electrons. The molecule has 0 aromatic heterocycles. The van der Waals surface area contributed by atoms with Crippen LogP contribution < -0.4 is 4.72 Å². The van der Waals surface area contributed by atoms with Crippen molar-refractivity contribution in [1.29, 1.82) is 0 Å². The first-order chi connectivity index (χ1) is 12.9. The normalized spacial score (nSPS) is 17.4. The van der Waals surface area contributed by atoms with E-state index in [0.717, 1.165) is 19.3 Å². The monoisotopic (exact) mass is 386 g/mol. The topological polar surface area (TPSA) is 66.5 Å². The van der Waals surface area contributed by atoms with Gasteiger partial charge in [-0.3, -0.25) is 4.79 Å². The van der Waals surface area contributed by atoms with Crippen molar-refractivity contribution in [2.24, 2.45) is 0 Å². The van der Waals surface area contributed by atoms with Crippen molar-refractivity contribution >= 4 is 15.9 Å². The summed E-state index contributed by atoms with van der Waals surface area (Å²) in [4.78, 5) is 15.1. The van der Waals surface area contributed by atoms with Gasteiger partial charge < -0.3 is 4.90 Å². The molecular weight excluding hydrogens is 360 g/mol. The van der Waals surface area contributed by atoms with Crippen LogP contribution in [0, 0.1) is 0 Å². The van der Waals surface area contributed by atoms with Gasteiger partial charge in [0, 0.05) is 24.2 Å². The molecule has 0 radical (unpaired) electrons. The fourth-order valence-electron chi connectivity index (χ4n) is 3.54. The lowest BCUT2D eigenvalue weighted by molar-refractivity contribution is 0.0736. The van der Waals surface area contributed by atoms with Gasteiger partial charge in [0.15, 0.2) is 0 Å². The molecule has 1 N–H and O–H groups in total. The SMILES string of the molecule is CC(C)NS(=O)(=O)c1cccc(C(=O)N2CCCC2Cc2ccccc2)c1. The van der Waals surface area contributed by atoms with E-state index in [-0.39, 0.29) is 22.9 Å². The number of amides is 1. The fraction of sp³-hybridized carbons (Fsp3) is 0.381. The van der Waals surface area contributed by atoms with Gasteiger partial charge in [0.1, 0.15) is 0 Å². The maximum Gasteiger partial charge on any atom is 0.254 e. The highest BCUT2D eigenvalue weighted by molar-refractivity contribution is 7.89. The van der Waals surface area contributed by atoms with Crippen molar-refractivity contribution < 1.29 is 13.2 Å². The number of benzene rings is 2. The predicted molar refractivity (Wildman–Crippen MR) is 106 cm³/mol. The van der Waals surface area contributed by atoms with E-state index in [1.807, 2.05) is 23.1 Å². The summed E-state index contributed by atoms with van der Waals surface area (Å²) < 4.78 is 27.4. The average Bonchev–Trinajstić information content (AvgIpc) is 3.09. The van der Waals surface area contributed by atoms with Gasteiger partial charge in [-0.1, -0.05) is 36.4 Å². The Labute approximate surface area is 161 Å². The number of nitrogens with one attached hydrogen (secondary N) is 1. The quantitative estimate of drug-likeness (QED) is 0.829. The van der Waals surface area contributed by atoms with Crippen LogP contribution in [-0.2, 0) is 16.4 Å². The Morgan fingerprint density at radius 1 is 1.15 bits per heavy atom. The smallest absolute Gasteiger partial charge is 0.254 e. The summed E-state index contributed by atoms with van der Waals surface area (Å²) in [6.07, 6.45) is 2.75. The summed E-state index contributed by atoms with van der Waals surface area (Å²) in [6, 6.07) is 16.4. The third kappa shape index (κ3) is 4.76. The summed E-state index contributed by atoms with van der Waals surface area (Å²) >= 11 is 0. The maximum atomic E-state index is 13.1. The predicted octanol–water partition coefficient (Wildman–Crippen LogP) is 3.22. The summed E-state index contributed by atoms with van der Waals surface area (Å²) in [5.74, 6) is -0.102. The van der Waals surface area contributed by atoms with Gasteiger partial charge >= 0.3 is 0 Å². The van der Waals surface area contributed by atoms with Crippen molar-refractivity contribution in [1.82, 2.24) is 9.62 Å². The molecule has 5 nitrogen and oxygen atoms in total. The first-order valence-corrected chi connectivity index (χ1v) is 10.8. The number of likely N-dealkylation sites (tertiary alicyclic amines) is 1. The molecule has 0 saturated carbocycles. The van der Waals surface area contributed by atoms with Crippen LogP contribution in [0.4, 0.5) is 0 Å². The Morgan fingerprint density at radius 2 is 1.89 bits per heavy atom. The molecule has 1 amide bonds. The summed E-state index contributed by atoms with van der Waals surface area (Å²) in [6.45, 7) is 4.24. The number of sulfonamides is 1. The molecule has 0 spiro atoms. The van der Waals surface area contributed by atoms with Crippen LogP contribution >= 0.6 is 0 Å². The van der Waals surface area contributed by atoms with E-state index < -0.39 is 10.0 Å². The third-order valence-electron chi connectivity index (χ3n) is 4.73. The minimum absolute atomic E-state index is 0.102. The number of hydrogen-bond donors (Lipinski definition) is 1. The zero-order valence-corrected chi connectivity index (χ0v) is 16.6. The molecular formula is C21H26N2O3S.